The number of amides is 2. The van der Waals surface area contributed by atoms with E-state index in [0.29, 0.717) is 32.1 Å². The van der Waals surface area contributed by atoms with Gasteiger partial charge in [0.2, 0.25) is 5.91 Å². The number of halogens is 3. The number of benzene rings is 1. The van der Waals surface area contributed by atoms with Crippen LogP contribution in [0.4, 0.5) is 4.39 Å². The van der Waals surface area contributed by atoms with Gasteiger partial charge in [0.15, 0.2) is 6.61 Å². The van der Waals surface area contributed by atoms with Crippen LogP contribution in [0, 0.1) is 5.82 Å². The molecule has 0 saturated heterocycles. The third-order valence-electron chi connectivity index (χ3n) is 5.50. The van der Waals surface area contributed by atoms with Crippen molar-refractivity contribution in [3.8, 4) is 5.75 Å². The van der Waals surface area contributed by atoms with E-state index in [2.05, 4.69) is 10.6 Å². The molecule has 1 atom stereocenters. The van der Waals surface area contributed by atoms with Crippen LogP contribution in [0.3, 0.4) is 0 Å². The number of hydrogen-bond donors (Lipinski definition) is 3. The Labute approximate surface area is 166 Å². The zero-order valence-corrected chi connectivity index (χ0v) is 16.1. The van der Waals surface area contributed by atoms with E-state index in [4.69, 9.17) is 27.9 Å². The number of aliphatic hydroxyl groups is 1. The molecule has 9 heteroatoms. The van der Waals surface area contributed by atoms with Crippen molar-refractivity contribution in [2.75, 3.05) is 12.5 Å². The summed E-state index contributed by atoms with van der Waals surface area (Å²) in [5.41, 5.74) is -1.20. The predicted molar refractivity (Wildman–Crippen MR) is 98.5 cm³/mol. The van der Waals surface area contributed by atoms with Crippen LogP contribution in [-0.2, 0) is 9.59 Å². The number of rotatable bonds is 6. The van der Waals surface area contributed by atoms with E-state index in [0.717, 1.165) is 6.07 Å². The lowest BCUT2D eigenvalue weighted by molar-refractivity contribution is -0.135. The number of hydrogen-bond acceptors (Lipinski definition) is 4. The smallest absolute Gasteiger partial charge is 0.258 e. The van der Waals surface area contributed by atoms with E-state index in [9.17, 15) is 19.1 Å². The van der Waals surface area contributed by atoms with Gasteiger partial charge in [-0.25, -0.2) is 4.39 Å². The second-order valence-electron chi connectivity index (χ2n) is 7.25. The molecule has 0 aliphatic heterocycles. The van der Waals surface area contributed by atoms with Crippen molar-refractivity contribution in [1.29, 1.82) is 0 Å². The fourth-order valence-corrected chi connectivity index (χ4v) is 4.20. The zero-order valence-electron chi connectivity index (χ0n) is 14.6. The number of nitrogens with one attached hydrogen (secondary N) is 2. The molecule has 2 bridgehead atoms. The Kier molecular flexibility index (Phi) is 5.84. The lowest BCUT2D eigenvalue weighted by Crippen LogP contribution is -2.70. The normalized spacial score (nSPS) is 29.3. The van der Waals surface area contributed by atoms with E-state index in [-0.39, 0.29) is 29.2 Å². The van der Waals surface area contributed by atoms with Crippen LogP contribution >= 0.6 is 23.2 Å². The molecule has 6 nitrogen and oxygen atoms in total. The molecule has 1 aromatic carbocycles. The minimum atomic E-state index is -0.785. The van der Waals surface area contributed by atoms with Gasteiger partial charge in [-0.1, -0.05) is 11.6 Å². The third kappa shape index (κ3) is 4.31. The van der Waals surface area contributed by atoms with Crippen LogP contribution in [0.15, 0.2) is 18.2 Å². The van der Waals surface area contributed by atoms with Crippen LogP contribution in [0.25, 0.3) is 0 Å². The van der Waals surface area contributed by atoms with Crippen molar-refractivity contribution < 1.29 is 23.8 Å². The summed E-state index contributed by atoms with van der Waals surface area (Å²) >= 11 is 11.2. The standard InChI is InChI=1S/C18H21Cl2FN2O4/c19-9-15(25)22-17-3-5-18(6-4-17,14(24)8-17)23-16(26)10-27-11-1-2-12(20)13(21)7-11/h1-2,7,14,24H,3-6,8-10H2,(H,22,25)(H,23,26). The summed E-state index contributed by atoms with van der Waals surface area (Å²) in [5.74, 6) is -1.21. The highest BCUT2D eigenvalue weighted by molar-refractivity contribution is 6.30. The first-order chi connectivity index (χ1) is 12.8. The molecule has 27 heavy (non-hydrogen) atoms. The summed E-state index contributed by atoms with van der Waals surface area (Å²) in [5, 5.41) is 16.4. The fraction of sp³-hybridized carbons (Fsp3) is 0.556. The molecule has 3 N–H and O–H groups in total. The molecule has 3 aliphatic carbocycles. The first kappa shape index (κ1) is 20.2. The molecular weight excluding hydrogens is 398 g/mol. The highest BCUT2D eigenvalue weighted by atomic mass is 35.5. The molecule has 0 heterocycles. The zero-order chi connectivity index (χ0) is 19.7. The minimum absolute atomic E-state index is 0.0250. The second kappa shape index (κ2) is 7.81. The molecule has 1 aromatic rings. The highest BCUT2D eigenvalue weighted by Crippen LogP contribution is 2.47. The van der Waals surface area contributed by atoms with Gasteiger partial charge in [-0.05, 0) is 44.2 Å². The van der Waals surface area contributed by atoms with Crippen molar-refractivity contribution in [1.82, 2.24) is 10.6 Å². The topological polar surface area (TPSA) is 87.7 Å². The minimum Gasteiger partial charge on any atom is -0.484 e. The molecule has 0 radical (unpaired) electrons. The van der Waals surface area contributed by atoms with Crippen molar-refractivity contribution in [3.05, 3.63) is 29.0 Å². The molecular formula is C18H21Cl2FN2O4. The van der Waals surface area contributed by atoms with Crippen molar-refractivity contribution in [3.63, 3.8) is 0 Å². The highest BCUT2D eigenvalue weighted by Gasteiger charge is 2.55. The van der Waals surface area contributed by atoms with Crippen LogP contribution in [0.5, 0.6) is 5.75 Å². The van der Waals surface area contributed by atoms with Crippen LogP contribution in [0.1, 0.15) is 32.1 Å². The van der Waals surface area contributed by atoms with E-state index in [1.807, 2.05) is 0 Å². The SMILES string of the molecule is O=C(CCl)NC12CCC(NC(=O)COc3ccc(Cl)c(F)c3)(CC1)C(O)C2. The first-order valence-corrected chi connectivity index (χ1v) is 9.63. The molecule has 1 unspecified atom stereocenters. The van der Waals surface area contributed by atoms with E-state index < -0.39 is 28.9 Å². The number of ether oxygens (including phenoxy) is 1. The molecule has 3 fully saturated rings. The average Bonchev–Trinajstić information content (AvgIpc) is 2.64. The van der Waals surface area contributed by atoms with Gasteiger partial charge in [-0.15, -0.1) is 11.6 Å². The quantitative estimate of drug-likeness (QED) is 0.617. The van der Waals surface area contributed by atoms with Crippen LogP contribution in [-0.4, -0.2) is 46.6 Å². The van der Waals surface area contributed by atoms with E-state index >= 15 is 0 Å². The van der Waals surface area contributed by atoms with Gasteiger partial charge in [0.25, 0.3) is 5.91 Å². The maximum Gasteiger partial charge on any atom is 0.258 e. The van der Waals surface area contributed by atoms with Crippen LogP contribution in [0.2, 0.25) is 5.02 Å². The van der Waals surface area contributed by atoms with Gasteiger partial charge in [0.1, 0.15) is 17.4 Å². The largest absolute Gasteiger partial charge is 0.484 e. The van der Waals surface area contributed by atoms with Crippen molar-refractivity contribution >= 4 is 35.0 Å². The van der Waals surface area contributed by atoms with Gasteiger partial charge in [-0.3, -0.25) is 9.59 Å². The first-order valence-electron chi connectivity index (χ1n) is 8.71. The van der Waals surface area contributed by atoms with E-state index in [1.165, 1.54) is 12.1 Å². The number of aliphatic hydroxyl groups excluding tert-OH is 1. The Morgan fingerprint density at radius 2 is 1.93 bits per heavy atom. The molecule has 3 saturated carbocycles. The summed E-state index contributed by atoms with van der Waals surface area (Å²) in [7, 11) is 0. The average molecular weight is 419 g/mol. The lowest BCUT2D eigenvalue weighted by Gasteiger charge is -2.56. The lowest BCUT2D eigenvalue weighted by atomic mass is 9.60. The third-order valence-corrected chi connectivity index (χ3v) is 6.05. The Bertz CT molecular complexity index is 738. The van der Waals surface area contributed by atoms with Gasteiger partial charge in [-0.2, -0.15) is 0 Å². The molecule has 3 aliphatic rings. The molecule has 4 rings (SSSR count). The number of alkyl halides is 1. The second-order valence-corrected chi connectivity index (χ2v) is 7.93. The Balaban J connectivity index is 1.57. The summed E-state index contributed by atoms with van der Waals surface area (Å²) in [6.45, 7) is -0.302. The Hall–Kier alpha value is -1.57. The summed E-state index contributed by atoms with van der Waals surface area (Å²) in [4.78, 5) is 24.0. The van der Waals surface area contributed by atoms with Crippen LogP contribution < -0.4 is 15.4 Å². The monoisotopic (exact) mass is 418 g/mol. The maximum absolute atomic E-state index is 13.4. The Morgan fingerprint density at radius 3 is 2.52 bits per heavy atom. The number of carbonyl (C=O) groups excluding carboxylic acids is 2. The fourth-order valence-electron chi connectivity index (χ4n) is 4.02. The summed E-state index contributed by atoms with van der Waals surface area (Å²) < 4.78 is 18.7. The summed E-state index contributed by atoms with van der Waals surface area (Å²) in [6, 6.07) is 3.93. The molecule has 0 aromatic heterocycles. The van der Waals surface area contributed by atoms with Gasteiger partial charge >= 0.3 is 0 Å². The van der Waals surface area contributed by atoms with Gasteiger partial charge < -0.3 is 20.5 Å². The Morgan fingerprint density at radius 1 is 1.22 bits per heavy atom. The summed E-state index contributed by atoms with van der Waals surface area (Å²) in [6.07, 6.45) is 1.95. The van der Waals surface area contributed by atoms with Crippen molar-refractivity contribution in [2.24, 2.45) is 0 Å². The number of carbonyl (C=O) groups is 2. The van der Waals surface area contributed by atoms with E-state index in [1.54, 1.807) is 0 Å². The predicted octanol–water partition coefficient (Wildman–Crippen LogP) is 2.15. The van der Waals surface area contributed by atoms with Gasteiger partial charge in [0, 0.05) is 11.6 Å². The molecule has 0 spiro atoms. The molecule has 2 amide bonds. The maximum atomic E-state index is 13.4. The molecule has 148 valence electrons. The van der Waals surface area contributed by atoms with Gasteiger partial charge in [0.05, 0.1) is 16.7 Å². The van der Waals surface area contributed by atoms with Crippen molar-refractivity contribution in [2.45, 2.75) is 49.3 Å². The number of fused-ring (bicyclic) bond motifs is 3.